The molecule has 0 amide bonds. The second-order valence-electron chi connectivity index (χ2n) is 5.30. The van der Waals surface area contributed by atoms with E-state index < -0.39 is 20.6 Å². The highest BCUT2D eigenvalue weighted by molar-refractivity contribution is 7.93. The van der Waals surface area contributed by atoms with E-state index in [4.69, 9.17) is 5.26 Å². The monoisotopic (exact) mass is 325 g/mol. The fraction of sp³-hybridized carbons (Fsp3) is 0.533. The van der Waals surface area contributed by atoms with Crippen LogP contribution in [0.5, 0.6) is 0 Å². The van der Waals surface area contributed by atoms with Crippen molar-refractivity contribution in [1.82, 2.24) is 0 Å². The van der Waals surface area contributed by atoms with Gasteiger partial charge in [0.25, 0.3) is 0 Å². The Labute approximate surface area is 128 Å². The molecule has 114 valence electrons. The van der Waals surface area contributed by atoms with Gasteiger partial charge in [-0.25, -0.2) is 8.42 Å². The molecule has 0 N–H and O–H groups in total. The maximum atomic E-state index is 12.2. The van der Waals surface area contributed by atoms with Crippen LogP contribution >= 0.6 is 0 Å². The Kier molecular flexibility index (Phi) is 5.54. The molecule has 1 aliphatic rings. The summed E-state index contributed by atoms with van der Waals surface area (Å²) in [6, 6.07) is 7.92. The fourth-order valence-corrected chi connectivity index (χ4v) is 6.12. The highest BCUT2D eigenvalue weighted by atomic mass is 32.2. The Morgan fingerprint density at radius 2 is 1.95 bits per heavy atom. The minimum Gasteiger partial charge on any atom is -0.259 e. The number of hydrogen-bond acceptors (Lipinski definition) is 4. The van der Waals surface area contributed by atoms with Gasteiger partial charge in [0.05, 0.1) is 22.3 Å². The molecule has 0 heterocycles. The second-order valence-corrected chi connectivity index (χ2v) is 9.25. The molecule has 0 aromatic heterocycles. The van der Waals surface area contributed by atoms with Crippen molar-refractivity contribution in [3.05, 3.63) is 29.8 Å². The van der Waals surface area contributed by atoms with Gasteiger partial charge in [0, 0.05) is 21.8 Å². The van der Waals surface area contributed by atoms with Crippen LogP contribution in [0.25, 0.3) is 0 Å². The first-order valence-electron chi connectivity index (χ1n) is 7.13. The molecule has 0 aliphatic heterocycles. The second kappa shape index (κ2) is 7.19. The number of benzene rings is 1. The van der Waals surface area contributed by atoms with Crippen LogP contribution in [0.2, 0.25) is 0 Å². The molecule has 1 atom stereocenters. The average molecular weight is 325 g/mol. The summed E-state index contributed by atoms with van der Waals surface area (Å²) in [5.41, 5.74) is 0.324. The van der Waals surface area contributed by atoms with Gasteiger partial charge in [-0.1, -0.05) is 25.3 Å². The van der Waals surface area contributed by atoms with E-state index >= 15 is 0 Å². The topological polar surface area (TPSA) is 75.0 Å². The molecule has 0 bridgehead atoms. The van der Waals surface area contributed by atoms with Gasteiger partial charge in [0.1, 0.15) is 0 Å². The summed E-state index contributed by atoms with van der Waals surface area (Å²) in [6.07, 6.45) is 5.25. The molecule has 0 spiro atoms. The number of nitrogens with zero attached hydrogens (tertiary/aromatic N) is 1. The fourth-order valence-electron chi connectivity index (χ4n) is 2.56. The molecule has 1 aromatic carbocycles. The van der Waals surface area contributed by atoms with E-state index in [2.05, 4.69) is 0 Å². The SMILES string of the molecule is N#Cc1cccc(S(=O)(=O)CCS(=O)C2CCCCC2)c1. The minimum atomic E-state index is -3.47. The number of hydrogen-bond donors (Lipinski definition) is 0. The van der Waals surface area contributed by atoms with E-state index in [0.717, 1.165) is 25.7 Å². The van der Waals surface area contributed by atoms with Crippen molar-refractivity contribution in [1.29, 1.82) is 5.26 Å². The third-order valence-electron chi connectivity index (χ3n) is 3.80. The number of sulfone groups is 1. The molecule has 1 aromatic rings. The minimum absolute atomic E-state index is 0.120. The zero-order chi connectivity index (χ0) is 15.3. The summed E-state index contributed by atoms with van der Waals surface area (Å²) in [4.78, 5) is 0.141. The molecule has 1 saturated carbocycles. The quantitative estimate of drug-likeness (QED) is 0.833. The van der Waals surface area contributed by atoms with Crippen molar-refractivity contribution in [2.45, 2.75) is 42.2 Å². The van der Waals surface area contributed by atoms with Crippen LogP contribution in [0.3, 0.4) is 0 Å². The van der Waals surface area contributed by atoms with Gasteiger partial charge in [-0.05, 0) is 31.0 Å². The maximum Gasteiger partial charge on any atom is 0.179 e. The summed E-state index contributed by atoms with van der Waals surface area (Å²) in [5, 5.41) is 8.97. The molecule has 21 heavy (non-hydrogen) atoms. The Morgan fingerprint density at radius 3 is 2.62 bits per heavy atom. The van der Waals surface area contributed by atoms with E-state index in [1.54, 1.807) is 12.1 Å². The molecular formula is C15H19NO3S2. The molecular weight excluding hydrogens is 306 g/mol. The first kappa shape index (κ1) is 16.2. The molecule has 1 unspecified atom stereocenters. The summed E-state index contributed by atoms with van der Waals surface area (Å²) < 4.78 is 36.7. The number of nitriles is 1. The van der Waals surface area contributed by atoms with E-state index in [0.29, 0.717) is 5.56 Å². The van der Waals surface area contributed by atoms with Crippen molar-refractivity contribution in [2.24, 2.45) is 0 Å². The van der Waals surface area contributed by atoms with Crippen LogP contribution < -0.4 is 0 Å². The molecule has 1 aliphatic carbocycles. The molecule has 0 saturated heterocycles. The normalized spacial score (nSPS) is 18.0. The average Bonchev–Trinajstić information content (AvgIpc) is 2.53. The lowest BCUT2D eigenvalue weighted by Gasteiger charge is -2.20. The van der Waals surface area contributed by atoms with Crippen LogP contribution in [0.4, 0.5) is 0 Å². The van der Waals surface area contributed by atoms with Crippen molar-refractivity contribution < 1.29 is 12.6 Å². The van der Waals surface area contributed by atoms with E-state index in [1.165, 1.54) is 18.6 Å². The maximum absolute atomic E-state index is 12.2. The van der Waals surface area contributed by atoms with Gasteiger partial charge in [-0.15, -0.1) is 0 Å². The Balaban J connectivity index is 2.00. The lowest BCUT2D eigenvalue weighted by Crippen LogP contribution is -2.24. The van der Waals surface area contributed by atoms with E-state index in [9.17, 15) is 12.6 Å². The highest BCUT2D eigenvalue weighted by Crippen LogP contribution is 2.22. The lowest BCUT2D eigenvalue weighted by molar-refractivity contribution is 0.505. The largest absolute Gasteiger partial charge is 0.259 e. The van der Waals surface area contributed by atoms with Crippen LogP contribution in [0.1, 0.15) is 37.7 Å². The van der Waals surface area contributed by atoms with Gasteiger partial charge in [-0.2, -0.15) is 5.26 Å². The zero-order valence-corrected chi connectivity index (χ0v) is 13.5. The summed E-state index contributed by atoms with van der Waals surface area (Å²) >= 11 is 0. The Morgan fingerprint density at radius 1 is 1.24 bits per heavy atom. The smallest absolute Gasteiger partial charge is 0.179 e. The van der Waals surface area contributed by atoms with Crippen LogP contribution in [0, 0.1) is 11.3 Å². The Hall–Kier alpha value is -1.19. The van der Waals surface area contributed by atoms with Gasteiger partial charge in [0.15, 0.2) is 9.84 Å². The molecule has 1 fully saturated rings. The summed E-state index contributed by atoms with van der Waals surface area (Å²) in [6.45, 7) is 0. The van der Waals surface area contributed by atoms with Crippen LogP contribution in [-0.2, 0) is 20.6 Å². The molecule has 2 rings (SSSR count). The van der Waals surface area contributed by atoms with Gasteiger partial charge >= 0.3 is 0 Å². The van der Waals surface area contributed by atoms with Gasteiger partial charge in [-0.3, -0.25) is 4.21 Å². The lowest BCUT2D eigenvalue weighted by atomic mass is 10.0. The van der Waals surface area contributed by atoms with Gasteiger partial charge in [0.2, 0.25) is 0 Å². The van der Waals surface area contributed by atoms with Crippen molar-refractivity contribution in [3.63, 3.8) is 0 Å². The predicted octanol–water partition coefficient (Wildman–Crippen LogP) is 2.41. The first-order valence-corrected chi connectivity index (χ1v) is 10.2. The van der Waals surface area contributed by atoms with Crippen molar-refractivity contribution in [3.8, 4) is 6.07 Å². The third-order valence-corrected chi connectivity index (χ3v) is 7.59. The van der Waals surface area contributed by atoms with Crippen LogP contribution in [0.15, 0.2) is 29.2 Å². The number of rotatable bonds is 5. The predicted molar refractivity (Wildman–Crippen MR) is 83.1 cm³/mol. The zero-order valence-electron chi connectivity index (χ0n) is 11.8. The third kappa shape index (κ3) is 4.39. The van der Waals surface area contributed by atoms with E-state index in [-0.39, 0.29) is 21.7 Å². The van der Waals surface area contributed by atoms with Crippen molar-refractivity contribution in [2.75, 3.05) is 11.5 Å². The highest BCUT2D eigenvalue weighted by Gasteiger charge is 2.22. The van der Waals surface area contributed by atoms with E-state index in [1.807, 2.05) is 6.07 Å². The standard InChI is InChI=1S/C15H19NO3S2/c16-12-13-5-4-8-15(11-13)21(18,19)10-9-20(17)14-6-2-1-3-7-14/h4-5,8,11,14H,1-3,6-7,9-10H2. The van der Waals surface area contributed by atoms with Crippen LogP contribution in [-0.4, -0.2) is 29.4 Å². The molecule has 0 radical (unpaired) electrons. The molecule has 4 nitrogen and oxygen atoms in total. The van der Waals surface area contributed by atoms with Crippen molar-refractivity contribution >= 4 is 20.6 Å². The Bertz CT molecular complexity index is 656. The summed E-state index contributed by atoms with van der Waals surface area (Å²) in [7, 11) is -4.55. The first-order chi connectivity index (χ1) is 10.0. The summed E-state index contributed by atoms with van der Waals surface area (Å²) in [5.74, 6) is 0.0643. The molecule has 6 heteroatoms. The van der Waals surface area contributed by atoms with Gasteiger partial charge < -0.3 is 0 Å².